The van der Waals surface area contributed by atoms with Gasteiger partial charge in [0.05, 0.1) is 35.3 Å². The number of carbonyl (C=O) groups is 1. The smallest absolute Gasteiger partial charge is 0.469 e. The van der Waals surface area contributed by atoms with Crippen LogP contribution in [-0.4, -0.2) is 41.0 Å². The third-order valence-corrected chi connectivity index (χ3v) is 7.00. The van der Waals surface area contributed by atoms with E-state index in [0.29, 0.717) is 5.92 Å². The van der Waals surface area contributed by atoms with Gasteiger partial charge in [0.1, 0.15) is 0 Å². The fourth-order valence-corrected chi connectivity index (χ4v) is 4.37. The fourth-order valence-electron chi connectivity index (χ4n) is 4.37. The summed E-state index contributed by atoms with van der Waals surface area (Å²) in [5.41, 5.74) is 2.30. The van der Waals surface area contributed by atoms with Gasteiger partial charge in [-0.3, -0.25) is 9.78 Å². The molecule has 0 atom stereocenters. The van der Waals surface area contributed by atoms with Crippen LogP contribution in [0.1, 0.15) is 53.4 Å². The number of ether oxygens (including phenoxy) is 1. The normalized spacial score (nSPS) is 26.0. The molecule has 0 amide bonds. The second-order valence-electron chi connectivity index (χ2n) is 9.47. The van der Waals surface area contributed by atoms with E-state index in [0.717, 1.165) is 48.7 Å². The van der Waals surface area contributed by atoms with E-state index >= 15 is 0 Å². The third-order valence-electron chi connectivity index (χ3n) is 7.00. The van der Waals surface area contributed by atoms with Gasteiger partial charge in [-0.15, -0.1) is 0 Å². The number of carbonyl (C=O) groups excluding carboxylic acids is 1. The van der Waals surface area contributed by atoms with Crippen LogP contribution in [0.2, 0.25) is 0 Å². The number of rotatable bonds is 4. The van der Waals surface area contributed by atoms with Crippen LogP contribution in [0.25, 0.3) is 11.0 Å². The molecule has 0 bridgehead atoms. The predicted molar refractivity (Wildman–Crippen MR) is 113 cm³/mol. The van der Waals surface area contributed by atoms with Crippen LogP contribution in [0.15, 0.2) is 24.5 Å². The van der Waals surface area contributed by atoms with Crippen molar-refractivity contribution in [3.8, 4) is 0 Å². The van der Waals surface area contributed by atoms with E-state index in [1.165, 1.54) is 7.11 Å². The highest BCUT2D eigenvalue weighted by Gasteiger charge is 2.51. The molecule has 0 radical (unpaired) electrons. The lowest BCUT2D eigenvalue weighted by atomic mass is 9.80. The summed E-state index contributed by atoms with van der Waals surface area (Å²) in [5, 5.41) is 0. The van der Waals surface area contributed by atoms with Crippen molar-refractivity contribution in [3.63, 3.8) is 0 Å². The number of hydrogen-bond donors (Lipinski definition) is 0. The Balaban J connectivity index is 1.49. The average molecular weight is 398 g/mol. The Morgan fingerprint density at radius 1 is 1.21 bits per heavy atom. The highest BCUT2D eigenvalue weighted by molar-refractivity contribution is 6.62. The van der Waals surface area contributed by atoms with Gasteiger partial charge in [0.2, 0.25) is 0 Å². The summed E-state index contributed by atoms with van der Waals surface area (Å²) in [6.45, 7) is 9.18. The minimum atomic E-state index is -0.407. The van der Waals surface area contributed by atoms with Gasteiger partial charge in [0, 0.05) is 24.4 Å². The summed E-state index contributed by atoms with van der Waals surface area (Å²) >= 11 is 0. The van der Waals surface area contributed by atoms with E-state index < -0.39 is 7.12 Å². The minimum absolute atomic E-state index is 0.0638. The van der Waals surface area contributed by atoms with Crippen molar-refractivity contribution >= 4 is 29.6 Å². The van der Waals surface area contributed by atoms with E-state index in [9.17, 15) is 4.79 Å². The molecule has 29 heavy (non-hydrogen) atoms. The molecule has 1 aliphatic heterocycles. The van der Waals surface area contributed by atoms with Crippen molar-refractivity contribution in [1.82, 2.24) is 9.55 Å². The molecule has 0 aromatic carbocycles. The molecule has 1 aliphatic carbocycles. The van der Waals surface area contributed by atoms with Crippen molar-refractivity contribution in [2.24, 2.45) is 11.8 Å². The molecule has 0 spiro atoms. The van der Waals surface area contributed by atoms with Crippen molar-refractivity contribution in [1.29, 1.82) is 0 Å². The molecule has 1 saturated carbocycles. The number of esters is 1. The van der Waals surface area contributed by atoms with Crippen LogP contribution >= 0.6 is 0 Å². The van der Waals surface area contributed by atoms with E-state index in [1.807, 2.05) is 6.20 Å². The molecule has 2 aliphatic rings. The van der Waals surface area contributed by atoms with Crippen LogP contribution in [0.5, 0.6) is 0 Å². The summed E-state index contributed by atoms with van der Waals surface area (Å²) in [6, 6.07) is 4.20. The van der Waals surface area contributed by atoms with Crippen molar-refractivity contribution in [2.75, 3.05) is 7.11 Å². The maximum atomic E-state index is 11.8. The average Bonchev–Trinajstić information content (AvgIpc) is 3.18. The summed E-state index contributed by atoms with van der Waals surface area (Å²) < 4.78 is 19.6. The monoisotopic (exact) mass is 398 g/mol. The maximum absolute atomic E-state index is 11.8. The lowest BCUT2D eigenvalue weighted by molar-refractivity contribution is -0.146. The predicted octanol–water partition coefficient (Wildman–Crippen LogP) is 3.31. The number of methoxy groups -OCH3 is 1. The fraction of sp³-hybridized carbons (Fsp3) is 0.636. The molecule has 156 valence electrons. The van der Waals surface area contributed by atoms with Crippen LogP contribution in [0.3, 0.4) is 0 Å². The van der Waals surface area contributed by atoms with Crippen LogP contribution in [0, 0.1) is 11.8 Å². The second kappa shape index (κ2) is 7.44. The van der Waals surface area contributed by atoms with Gasteiger partial charge in [-0.05, 0) is 71.4 Å². The Morgan fingerprint density at radius 3 is 2.48 bits per heavy atom. The lowest BCUT2D eigenvalue weighted by Gasteiger charge is -2.32. The zero-order valence-electron chi connectivity index (χ0n) is 18.1. The summed E-state index contributed by atoms with van der Waals surface area (Å²) in [4.78, 5) is 16.4. The Hall–Kier alpha value is -1.86. The first-order valence-electron chi connectivity index (χ1n) is 10.6. The quantitative estimate of drug-likeness (QED) is 0.584. The Kier molecular flexibility index (Phi) is 5.24. The molecule has 3 heterocycles. The third kappa shape index (κ3) is 3.82. The molecular weight excluding hydrogens is 367 g/mol. The molecule has 6 nitrogen and oxygen atoms in total. The number of nitrogens with zero attached hydrogens (tertiary/aromatic N) is 2. The Labute approximate surface area is 173 Å². The topological polar surface area (TPSA) is 62.6 Å². The zero-order valence-corrected chi connectivity index (χ0v) is 18.1. The molecular formula is C22H31BN2O4. The van der Waals surface area contributed by atoms with E-state index in [1.54, 1.807) is 0 Å². The van der Waals surface area contributed by atoms with Gasteiger partial charge in [0.15, 0.2) is 0 Å². The molecule has 1 saturated heterocycles. The van der Waals surface area contributed by atoms with Gasteiger partial charge in [-0.2, -0.15) is 0 Å². The molecule has 0 unspecified atom stereocenters. The van der Waals surface area contributed by atoms with Crippen LogP contribution < -0.4 is 5.46 Å². The highest BCUT2D eigenvalue weighted by Crippen LogP contribution is 2.36. The number of hydrogen-bond acceptors (Lipinski definition) is 5. The van der Waals surface area contributed by atoms with Crippen molar-refractivity contribution < 1.29 is 18.8 Å². The molecule has 7 heteroatoms. The Morgan fingerprint density at radius 2 is 1.86 bits per heavy atom. The molecule has 4 rings (SSSR count). The van der Waals surface area contributed by atoms with Crippen LogP contribution in [0.4, 0.5) is 0 Å². The van der Waals surface area contributed by atoms with Crippen molar-refractivity contribution in [3.05, 3.63) is 24.5 Å². The first kappa shape index (κ1) is 20.4. The number of pyridine rings is 1. The molecule has 2 aromatic rings. The maximum Gasteiger partial charge on any atom is 0.496 e. The summed E-state index contributed by atoms with van der Waals surface area (Å²) in [5.74, 6) is 0.562. The highest BCUT2D eigenvalue weighted by atomic mass is 16.7. The van der Waals surface area contributed by atoms with Crippen LogP contribution in [-0.2, 0) is 25.4 Å². The van der Waals surface area contributed by atoms with Gasteiger partial charge in [-0.25, -0.2) is 0 Å². The number of aromatic nitrogens is 2. The van der Waals surface area contributed by atoms with Gasteiger partial charge in [-0.1, -0.05) is 0 Å². The van der Waals surface area contributed by atoms with Gasteiger partial charge in [0.25, 0.3) is 0 Å². The first-order valence-corrected chi connectivity index (χ1v) is 10.6. The molecule has 2 aromatic heterocycles. The van der Waals surface area contributed by atoms with Crippen molar-refractivity contribution in [2.45, 2.75) is 71.1 Å². The lowest BCUT2D eigenvalue weighted by Crippen LogP contribution is -2.41. The standard InChI is InChI=1S/C22H31BN2O4/c1-21(2)22(3,4)29-23(28-21)17-12-19-18(24-13-17)10-11-25(19)14-15-6-8-16(9-7-15)20(26)27-5/h10-13,15-16H,6-9,14H2,1-5H3/t15-,16-. The summed E-state index contributed by atoms with van der Waals surface area (Å²) in [6.07, 6.45) is 7.88. The van der Waals surface area contributed by atoms with Gasteiger partial charge < -0.3 is 18.6 Å². The minimum Gasteiger partial charge on any atom is -0.469 e. The zero-order chi connectivity index (χ0) is 20.8. The molecule has 0 N–H and O–H groups in total. The largest absolute Gasteiger partial charge is 0.496 e. The SMILES string of the molecule is COC(=O)[C@H]1CC[C@H](Cn2ccc3ncc(B4OC(C)(C)C(C)(C)O4)cc32)CC1. The summed E-state index contributed by atoms with van der Waals surface area (Å²) in [7, 11) is 1.07. The van der Waals surface area contributed by atoms with E-state index in [2.05, 4.69) is 55.6 Å². The Bertz CT molecular complexity index is 883. The number of fused-ring (bicyclic) bond motifs is 1. The second-order valence-corrected chi connectivity index (χ2v) is 9.47. The van der Waals surface area contributed by atoms with Gasteiger partial charge >= 0.3 is 13.1 Å². The molecule has 2 fully saturated rings. The van der Waals surface area contributed by atoms with E-state index in [4.69, 9.17) is 14.0 Å². The van der Waals surface area contributed by atoms with E-state index in [-0.39, 0.29) is 23.1 Å². The first-order chi connectivity index (χ1) is 13.7.